The molecule has 0 spiro atoms. The Morgan fingerprint density at radius 3 is 2.88 bits per heavy atom. The summed E-state index contributed by atoms with van der Waals surface area (Å²) in [5.74, 6) is -0.490. The molecule has 5 heteroatoms. The van der Waals surface area contributed by atoms with Crippen LogP contribution in [0.1, 0.15) is 17.4 Å². The lowest BCUT2D eigenvalue weighted by Crippen LogP contribution is -2.05. The molecule has 1 N–H and O–H groups in total. The highest BCUT2D eigenvalue weighted by molar-refractivity contribution is 6.31. The molecule has 0 fully saturated rings. The molecule has 0 radical (unpaired) electrons. The first kappa shape index (κ1) is 12.0. The molecular weight excluding hydrogens is 243 g/mol. The zero-order valence-electron chi connectivity index (χ0n) is 8.85. The molecule has 0 aliphatic heterocycles. The molecular formula is C12H10ClFN2O. The molecule has 0 saturated heterocycles. The van der Waals surface area contributed by atoms with Crippen LogP contribution < -0.4 is 0 Å². The summed E-state index contributed by atoms with van der Waals surface area (Å²) in [6, 6.07) is 4.51. The van der Waals surface area contributed by atoms with Crippen LogP contribution in [0.2, 0.25) is 5.02 Å². The van der Waals surface area contributed by atoms with Gasteiger partial charge in [0.15, 0.2) is 0 Å². The van der Waals surface area contributed by atoms with Crippen LogP contribution in [0.5, 0.6) is 0 Å². The molecule has 1 atom stereocenters. The second-order valence-corrected chi connectivity index (χ2v) is 3.94. The summed E-state index contributed by atoms with van der Waals surface area (Å²) in [7, 11) is 0. The van der Waals surface area contributed by atoms with E-state index in [0.29, 0.717) is 11.3 Å². The van der Waals surface area contributed by atoms with E-state index < -0.39 is 11.9 Å². The molecule has 2 aromatic rings. The molecule has 0 aliphatic carbocycles. The first-order valence-electron chi connectivity index (χ1n) is 5.05. The molecule has 17 heavy (non-hydrogen) atoms. The molecule has 0 amide bonds. The molecule has 0 bridgehead atoms. The summed E-state index contributed by atoms with van der Waals surface area (Å²) in [5.41, 5.74) is 0.984. The average molecular weight is 253 g/mol. The lowest BCUT2D eigenvalue weighted by atomic mass is 10.1. The summed E-state index contributed by atoms with van der Waals surface area (Å²) in [5, 5.41) is 9.94. The summed E-state index contributed by atoms with van der Waals surface area (Å²) >= 11 is 5.80. The number of hydrogen-bond donors (Lipinski definition) is 1. The number of rotatable bonds is 3. The van der Waals surface area contributed by atoms with Crippen LogP contribution in [0, 0.1) is 5.82 Å². The quantitative estimate of drug-likeness (QED) is 0.913. The SMILES string of the molecule is OC(Cc1cccc(F)c1Cl)c1cnccn1. The molecule has 1 unspecified atom stereocenters. The zero-order valence-corrected chi connectivity index (χ0v) is 9.60. The Balaban J connectivity index is 2.19. The van der Waals surface area contributed by atoms with Crippen molar-refractivity contribution in [3.05, 3.63) is 58.9 Å². The van der Waals surface area contributed by atoms with Gasteiger partial charge < -0.3 is 5.11 Å². The Morgan fingerprint density at radius 1 is 1.35 bits per heavy atom. The van der Waals surface area contributed by atoms with Crippen molar-refractivity contribution < 1.29 is 9.50 Å². The number of hydrogen-bond acceptors (Lipinski definition) is 3. The van der Waals surface area contributed by atoms with Crippen molar-refractivity contribution >= 4 is 11.6 Å². The maximum Gasteiger partial charge on any atom is 0.142 e. The fourth-order valence-electron chi connectivity index (χ4n) is 1.50. The van der Waals surface area contributed by atoms with E-state index in [1.165, 1.54) is 24.7 Å². The van der Waals surface area contributed by atoms with Gasteiger partial charge in [0.2, 0.25) is 0 Å². The number of aliphatic hydroxyl groups excluding tert-OH is 1. The van der Waals surface area contributed by atoms with Crippen molar-refractivity contribution in [3.8, 4) is 0 Å². The van der Waals surface area contributed by atoms with Gasteiger partial charge in [-0.3, -0.25) is 9.97 Å². The van der Waals surface area contributed by atoms with Gasteiger partial charge in [0, 0.05) is 18.8 Å². The summed E-state index contributed by atoms with van der Waals surface area (Å²) in [6.45, 7) is 0. The third-order valence-corrected chi connectivity index (χ3v) is 2.79. The highest BCUT2D eigenvalue weighted by Gasteiger charge is 2.13. The Kier molecular flexibility index (Phi) is 3.66. The van der Waals surface area contributed by atoms with E-state index in [2.05, 4.69) is 9.97 Å². The average Bonchev–Trinajstić information content (AvgIpc) is 2.36. The monoisotopic (exact) mass is 252 g/mol. The molecule has 1 aromatic heterocycles. The lowest BCUT2D eigenvalue weighted by Gasteiger charge is -2.10. The number of aliphatic hydroxyl groups is 1. The number of halogens is 2. The summed E-state index contributed by atoms with van der Waals surface area (Å²) in [4.78, 5) is 7.84. The number of nitrogens with zero attached hydrogens (tertiary/aromatic N) is 2. The Hall–Kier alpha value is -1.52. The van der Waals surface area contributed by atoms with Crippen LogP contribution in [0.15, 0.2) is 36.8 Å². The van der Waals surface area contributed by atoms with Crippen LogP contribution in [0.4, 0.5) is 4.39 Å². The van der Waals surface area contributed by atoms with Gasteiger partial charge >= 0.3 is 0 Å². The van der Waals surface area contributed by atoms with E-state index in [0.717, 1.165) is 0 Å². The minimum Gasteiger partial charge on any atom is -0.386 e. The standard InChI is InChI=1S/C12H10ClFN2O/c13-12-8(2-1-3-9(12)14)6-11(17)10-7-15-4-5-16-10/h1-5,7,11,17H,6H2. The summed E-state index contributed by atoms with van der Waals surface area (Å²) < 4.78 is 13.2. The van der Waals surface area contributed by atoms with Gasteiger partial charge in [-0.1, -0.05) is 23.7 Å². The summed E-state index contributed by atoms with van der Waals surface area (Å²) in [6.07, 6.45) is 3.84. The van der Waals surface area contributed by atoms with E-state index in [1.54, 1.807) is 12.1 Å². The fraction of sp³-hybridized carbons (Fsp3) is 0.167. The van der Waals surface area contributed by atoms with Gasteiger partial charge in [-0.25, -0.2) is 4.39 Å². The predicted octanol–water partition coefficient (Wildman–Crippen LogP) is 2.55. The molecule has 1 heterocycles. The van der Waals surface area contributed by atoms with Gasteiger partial charge in [-0.2, -0.15) is 0 Å². The largest absolute Gasteiger partial charge is 0.386 e. The highest BCUT2D eigenvalue weighted by atomic mass is 35.5. The van der Waals surface area contributed by atoms with Gasteiger partial charge in [-0.05, 0) is 11.6 Å². The van der Waals surface area contributed by atoms with Gasteiger partial charge in [0.05, 0.1) is 16.9 Å². The lowest BCUT2D eigenvalue weighted by molar-refractivity contribution is 0.173. The first-order valence-corrected chi connectivity index (χ1v) is 5.43. The van der Waals surface area contributed by atoms with E-state index in [-0.39, 0.29) is 11.4 Å². The molecule has 0 aliphatic rings. The maximum atomic E-state index is 13.2. The van der Waals surface area contributed by atoms with Crippen molar-refractivity contribution in [2.75, 3.05) is 0 Å². The Morgan fingerprint density at radius 2 is 2.18 bits per heavy atom. The Labute approximate surface area is 103 Å². The minimum atomic E-state index is -0.844. The highest BCUT2D eigenvalue weighted by Crippen LogP contribution is 2.24. The normalized spacial score (nSPS) is 12.4. The van der Waals surface area contributed by atoms with Crippen molar-refractivity contribution in [1.82, 2.24) is 9.97 Å². The minimum absolute atomic E-state index is 0.0374. The number of aromatic nitrogens is 2. The van der Waals surface area contributed by atoms with E-state index in [4.69, 9.17) is 11.6 Å². The van der Waals surface area contributed by atoms with Crippen molar-refractivity contribution in [3.63, 3.8) is 0 Å². The van der Waals surface area contributed by atoms with Crippen LogP contribution in [0.25, 0.3) is 0 Å². The van der Waals surface area contributed by atoms with Gasteiger partial charge in [0.1, 0.15) is 11.9 Å². The smallest absolute Gasteiger partial charge is 0.142 e. The van der Waals surface area contributed by atoms with Crippen LogP contribution >= 0.6 is 11.6 Å². The zero-order chi connectivity index (χ0) is 12.3. The van der Waals surface area contributed by atoms with Crippen molar-refractivity contribution in [2.24, 2.45) is 0 Å². The van der Waals surface area contributed by atoms with Crippen LogP contribution in [-0.4, -0.2) is 15.1 Å². The second kappa shape index (κ2) is 5.21. The van der Waals surface area contributed by atoms with Crippen molar-refractivity contribution in [2.45, 2.75) is 12.5 Å². The van der Waals surface area contributed by atoms with E-state index in [9.17, 15) is 9.50 Å². The van der Waals surface area contributed by atoms with Gasteiger partial charge in [-0.15, -0.1) is 0 Å². The first-order chi connectivity index (χ1) is 8.18. The molecule has 0 saturated carbocycles. The van der Waals surface area contributed by atoms with Crippen LogP contribution in [-0.2, 0) is 6.42 Å². The second-order valence-electron chi connectivity index (χ2n) is 3.56. The third kappa shape index (κ3) is 2.78. The molecule has 88 valence electrons. The molecule has 3 nitrogen and oxygen atoms in total. The van der Waals surface area contributed by atoms with E-state index in [1.807, 2.05) is 0 Å². The molecule has 1 aromatic carbocycles. The topological polar surface area (TPSA) is 46.0 Å². The predicted molar refractivity (Wildman–Crippen MR) is 62.1 cm³/mol. The Bertz CT molecular complexity index is 507. The van der Waals surface area contributed by atoms with Crippen LogP contribution in [0.3, 0.4) is 0 Å². The molecule has 2 rings (SSSR count). The third-order valence-electron chi connectivity index (χ3n) is 2.37. The fourth-order valence-corrected chi connectivity index (χ4v) is 1.70. The number of benzene rings is 1. The maximum absolute atomic E-state index is 13.2. The van der Waals surface area contributed by atoms with Gasteiger partial charge in [0.25, 0.3) is 0 Å². The van der Waals surface area contributed by atoms with E-state index >= 15 is 0 Å². The van der Waals surface area contributed by atoms with Crippen molar-refractivity contribution in [1.29, 1.82) is 0 Å².